The van der Waals surface area contributed by atoms with Crippen LogP contribution in [-0.2, 0) is 0 Å². The second-order valence-corrected chi connectivity index (χ2v) is 8.27. The van der Waals surface area contributed by atoms with E-state index < -0.39 is 0 Å². The van der Waals surface area contributed by atoms with E-state index in [1.807, 2.05) is 0 Å². The van der Waals surface area contributed by atoms with Crippen molar-refractivity contribution >= 4 is 14.7 Å². The van der Waals surface area contributed by atoms with Crippen LogP contribution in [0.5, 0.6) is 0 Å². The van der Waals surface area contributed by atoms with Crippen LogP contribution in [0.1, 0.15) is 50.7 Å². The molecule has 1 aliphatic rings. The molecule has 108 valence electrons. The molecule has 1 aromatic carbocycles. The van der Waals surface area contributed by atoms with Gasteiger partial charge in [-0.05, 0) is 33.1 Å². The second-order valence-electron chi connectivity index (χ2n) is 6.34. The molecule has 1 atom stereocenters. The number of hydrogen-bond acceptors (Lipinski definition) is 0. The number of unbranched alkanes of at least 4 members (excludes halogenated alkanes) is 2. The van der Waals surface area contributed by atoms with E-state index in [0.29, 0.717) is 0 Å². The molecule has 0 nitrogen and oxygen atoms in total. The highest BCUT2D eigenvalue weighted by Crippen LogP contribution is 2.28. The minimum Gasteiger partial charge on any atom is -0.0775 e. The van der Waals surface area contributed by atoms with Gasteiger partial charge < -0.3 is 0 Å². The predicted octanol–water partition coefficient (Wildman–Crippen LogP) is 4.14. The van der Waals surface area contributed by atoms with Crippen LogP contribution in [0.2, 0.25) is 0 Å². The Hall–Kier alpha value is -1.08. The molecule has 0 fully saturated rings. The van der Waals surface area contributed by atoms with Crippen molar-refractivity contribution in [3.8, 4) is 0 Å². The Bertz CT molecular complexity index is 502. The van der Waals surface area contributed by atoms with Crippen LogP contribution in [0.3, 0.4) is 0 Å². The van der Waals surface area contributed by atoms with Crippen LogP contribution < -0.4 is 5.19 Å². The van der Waals surface area contributed by atoms with E-state index in [0.717, 1.165) is 5.92 Å². The van der Waals surface area contributed by atoms with Gasteiger partial charge in [0.1, 0.15) is 0 Å². The fourth-order valence-electron chi connectivity index (χ4n) is 3.32. The predicted molar refractivity (Wildman–Crippen MR) is 93.6 cm³/mol. The number of aryl methyl sites for hydroxylation is 2. The quantitative estimate of drug-likeness (QED) is 0.544. The highest BCUT2D eigenvalue weighted by molar-refractivity contribution is 6.61. The standard InChI is InChI=1S/C19H28Si/c1-5-6-7-8-17-10-9-16(4)19(17)20-18-12-14(2)11-15(3)13-18/h9-13,17H,5-8,20H2,1-4H3. The first-order valence-corrected chi connectivity index (χ1v) is 9.46. The van der Waals surface area contributed by atoms with Crippen molar-refractivity contribution in [2.75, 3.05) is 0 Å². The molecule has 1 heteroatoms. The van der Waals surface area contributed by atoms with E-state index in [-0.39, 0.29) is 9.52 Å². The molecule has 0 spiro atoms. The van der Waals surface area contributed by atoms with Crippen molar-refractivity contribution in [1.82, 2.24) is 0 Å². The maximum absolute atomic E-state index is 2.45. The molecule has 0 saturated heterocycles. The lowest BCUT2D eigenvalue weighted by Crippen LogP contribution is -2.21. The van der Waals surface area contributed by atoms with E-state index in [2.05, 4.69) is 58.0 Å². The Morgan fingerprint density at radius 2 is 1.70 bits per heavy atom. The Balaban J connectivity index is 2.08. The summed E-state index contributed by atoms with van der Waals surface area (Å²) in [4.78, 5) is 0. The van der Waals surface area contributed by atoms with Crippen LogP contribution in [0.25, 0.3) is 0 Å². The average molecular weight is 285 g/mol. The highest BCUT2D eigenvalue weighted by atomic mass is 28.2. The highest BCUT2D eigenvalue weighted by Gasteiger charge is 2.18. The van der Waals surface area contributed by atoms with Gasteiger partial charge in [-0.2, -0.15) is 0 Å². The summed E-state index contributed by atoms with van der Waals surface area (Å²) in [6.07, 6.45) is 10.3. The lowest BCUT2D eigenvalue weighted by molar-refractivity contribution is 0.608. The van der Waals surface area contributed by atoms with E-state index >= 15 is 0 Å². The number of hydrogen-bond donors (Lipinski definition) is 0. The molecule has 1 aromatic rings. The Labute approximate surface area is 126 Å². The SMILES string of the molecule is CCCCCC1C=CC(C)=C1[SiH2]c1cc(C)cc(C)c1. The molecule has 0 saturated carbocycles. The van der Waals surface area contributed by atoms with Gasteiger partial charge in [-0.15, -0.1) is 0 Å². The minimum absolute atomic E-state index is 0.290. The van der Waals surface area contributed by atoms with Crippen LogP contribution in [0.4, 0.5) is 0 Å². The molecule has 0 aromatic heterocycles. The van der Waals surface area contributed by atoms with Gasteiger partial charge in [-0.3, -0.25) is 0 Å². The third kappa shape index (κ3) is 3.96. The molecular weight excluding hydrogens is 256 g/mol. The summed E-state index contributed by atoms with van der Waals surface area (Å²) in [6, 6.07) is 7.09. The van der Waals surface area contributed by atoms with Gasteiger partial charge in [0.15, 0.2) is 0 Å². The number of benzene rings is 1. The first-order chi connectivity index (χ1) is 9.60. The van der Waals surface area contributed by atoms with Crippen LogP contribution in [0.15, 0.2) is 41.1 Å². The first-order valence-electron chi connectivity index (χ1n) is 8.05. The average Bonchev–Trinajstić information content (AvgIpc) is 2.71. The normalized spacial score (nSPS) is 18.7. The van der Waals surface area contributed by atoms with Crippen LogP contribution in [-0.4, -0.2) is 9.52 Å². The molecule has 0 bridgehead atoms. The molecule has 0 amide bonds. The fourth-order valence-corrected chi connectivity index (χ4v) is 5.61. The van der Waals surface area contributed by atoms with E-state index in [9.17, 15) is 0 Å². The molecular formula is C19H28Si. The van der Waals surface area contributed by atoms with Crippen LogP contribution in [0, 0.1) is 19.8 Å². The van der Waals surface area contributed by atoms with Gasteiger partial charge in [-0.25, -0.2) is 0 Å². The molecule has 0 radical (unpaired) electrons. The van der Waals surface area contributed by atoms with Gasteiger partial charge in [0.05, 0.1) is 9.52 Å². The Kier molecular flexibility index (Phi) is 5.42. The minimum atomic E-state index is -0.290. The van der Waals surface area contributed by atoms with Gasteiger partial charge in [0.25, 0.3) is 0 Å². The summed E-state index contributed by atoms with van der Waals surface area (Å²) in [7, 11) is -0.290. The second kappa shape index (κ2) is 7.08. The van der Waals surface area contributed by atoms with Crippen molar-refractivity contribution in [2.45, 2.75) is 53.4 Å². The smallest absolute Gasteiger partial charge is 0.0775 e. The van der Waals surface area contributed by atoms with Crippen molar-refractivity contribution in [2.24, 2.45) is 5.92 Å². The number of allylic oxidation sites excluding steroid dienone is 4. The van der Waals surface area contributed by atoms with E-state index in [4.69, 9.17) is 0 Å². The van der Waals surface area contributed by atoms with Crippen molar-refractivity contribution in [3.05, 3.63) is 52.2 Å². The van der Waals surface area contributed by atoms with Crippen LogP contribution >= 0.6 is 0 Å². The van der Waals surface area contributed by atoms with Gasteiger partial charge >= 0.3 is 0 Å². The maximum Gasteiger partial charge on any atom is 0.0835 e. The third-order valence-electron chi connectivity index (χ3n) is 4.33. The van der Waals surface area contributed by atoms with Gasteiger partial charge in [0, 0.05) is 0 Å². The topological polar surface area (TPSA) is 0 Å². The molecule has 1 aliphatic carbocycles. The largest absolute Gasteiger partial charge is 0.0835 e. The summed E-state index contributed by atoms with van der Waals surface area (Å²) in [5.41, 5.74) is 4.39. The fraction of sp³-hybridized carbons (Fsp3) is 0.474. The Morgan fingerprint density at radius 1 is 1.00 bits per heavy atom. The first kappa shape index (κ1) is 15.3. The molecule has 0 heterocycles. The van der Waals surface area contributed by atoms with Crippen molar-refractivity contribution < 1.29 is 0 Å². The molecule has 1 unspecified atom stereocenters. The summed E-state index contributed by atoms with van der Waals surface area (Å²) in [6.45, 7) is 9.04. The lowest BCUT2D eigenvalue weighted by atomic mass is 10.0. The van der Waals surface area contributed by atoms with Gasteiger partial charge in [0.2, 0.25) is 0 Å². The lowest BCUT2D eigenvalue weighted by Gasteiger charge is -2.15. The zero-order chi connectivity index (χ0) is 14.5. The zero-order valence-corrected chi connectivity index (χ0v) is 14.9. The van der Waals surface area contributed by atoms with Crippen molar-refractivity contribution in [1.29, 1.82) is 0 Å². The van der Waals surface area contributed by atoms with Crippen molar-refractivity contribution in [3.63, 3.8) is 0 Å². The molecule has 0 N–H and O–H groups in total. The molecule has 20 heavy (non-hydrogen) atoms. The van der Waals surface area contributed by atoms with E-state index in [1.54, 1.807) is 16.0 Å². The maximum atomic E-state index is 2.45. The number of rotatable bonds is 6. The molecule has 2 rings (SSSR count). The molecule has 0 aliphatic heterocycles. The third-order valence-corrected chi connectivity index (χ3v) is 6.61. The Morgan fingerprint density at radius 3 is 2.35 bits per heavy atom. The summed E-state index contributed by atoms with van der Waals surface area (Å²) in [5, 5.41) is 3.40. The monoisotopic (exact) mass is 284 g/mol. The van der Waals surface area contributed by atoms with E-state index in [1.165, 1.54) is 36.8 Å². The summed E-state index contributed by atoms with van der Waals surface area (Å²) < 4.78 is 0. The summed E-state index contributed by atoms with van der Waals surface area (Å²) >= 11 is 0. The summed E-state index contributed by atoms with van der Waals surface area (Å²) in [5.74, 6) is 0.744. The zero-order valence-electron chi connectivity index (χ0n) is 13.5. The van der Waals surface area contributed by atoms with Gasteiger partial charge in [-0.1, -0.05) is 83.6 Å².